The van der Waals surface area contributed by atoms with Crippen molar-refractivity contribution in [2.24, 2.45) is 0 Å². The number of nitriles is 1. The second-order valence-corrected chi connectivity index (χ2v) is 5.38. The van der Waals surface area contributed by atoms with Crippen LogP contribution in [0.1, 0.15) is 22.4 Å². The Kier molecular flexibility index (Phi) is 2.77. The molecule has 3 rings (SSSR count). The number of nitrogens with one attached hydrogen (secondary N) is 1. The Morgan fingerprint density at radius 2 is 2.00 bits per heavy atom. The number of rotatable bonds is 2. The summed E-state index contributed by atoms with van der Waals surface area (Å²) in [5, 5.41) is 13.5. The zero-order valence-electron chi connectivity index (χ0n) is 10.1. The van der Waals surface area contributed by atoms with Crippen LogP contribution in [0.5, 0.6) is 0 Å². The van der Waals surface area contributed by atoms with Gasteiger partial charge in [0.1, 0.15) is 16.6 Å². The number of aryl methyl sites for hydroxylation is 1. The fraction of sp³-hybridized carbons (Fsp3) is 0.286. The van der Waals surface area contributed by atoms with Gasteiger partial charge in [0, 0.05) is 6.04 Å². The van der Waals surface area contributed by atoms with E-state index in [1.54, 1.807) is 0 Å². The summed E-state index contributed by atoms with van der Waals surface area (Å²) in [7, 11) is 0. The summed E-state index contributed by atoms with van der Waals surface area (Å²) >= 11 is 1.38. The standard InChI is InChI=1S/C14H13N3S/c1-9-13(8-15)14(18-17-9)16-12-6-10-4-2-3-5-11(10)7-12/h2-5,12,16H,6-7H2,1H3. The lowest BCUT2D eigenvalue weighted by Crippen LogP contribution is -2.19. The molecule has 18 heavy (non-hydrogen) atoms. The molecule has 0 saturated heterocycles. The lowest BCUT2D eigenvalue weighted by atomic mass is 10.1. The van der Waals surface area contributed by atoms with Crippen LogP contribution >= 0.6 is 11.5 Å². The molecule has 0 saturated carbocycles. The van der Waals surface area contributed by atoms with Crippen molar-refractivity contribution in [2.75, 3.05) is 5.32 Å². The highest BCUT2D eigenvalue weighted by Crippen LogP contribution is 2.29. The van der Waals surface area contributed by atoms with Crippen LogP contribution < -0.4 is 5.32 Å². The van der Waals surface area contributed by atoms with E-state index in [1.165, 1.54) is 22.7 Å². The van der Waals surface area contributed by atoms with Gasteiger partial charge >= 0.3 is 0 Å². The van der Waals surface area contributed by atoms with Crippen LogP contribution in [0, 0.1) is 18.3 Å². The average Bonchev–Trinajstić information content (AvgIpc) is 2.93. The van der Waals surface area contributed by atoms with E-state index < -0.39 is 0 Å². The van der Waals surface area contributed by atoms with Crippen LogP contribution in [0.2, 0.25) is 0 Å². The Morgan fingerprint density at radius 3 is 2.61 bits per heavy atom. The number of benzene rings is 1. The van der Waals surface area contributed by atoms with Crippen LogP contribution in [-0.4, -0.2) is 10.4 Å². The summed E-state index contributed by atoms with van der Waals surface area (Å²) in [6, 6.07) is 11.1. The molecule has 0 unspecified atom stereocenters. The van der Waals surface area contributed by atoms with Gasteiger partial charge in [-0.2, -0.15) is 9.64 Å². The van der Waals surface area contributed by atoms with E-state index in [4.69, 9.17) is 5.26 Å². The van der Waals surface area contributed by atoms with Gasteiger partial charge in [0.15, 0.2) is 0 Å². The van der Waals surface area contributed by atoms with Crippen molar-refractivity contribution in [3.63, 3.8) is 0 Å². The van der Waals surface area contributed by atoms with Gasteiger partial charge in [-0.25, -0.2) is 0 Å². The monoisotopic (exact) mass is 255 g/mol. The Labute approximate surface area is 110 Å². The van der Waals surface area contributed by atoms with Crippen molar-refractivity contribution >= 4 is 16.5 Å². The van der Waals surface area contributed by atoms with Crippen LogP contribution in [0.15, 0.2) is 24.3 Å². The molecule has 1 aromatic heterocycles. The first-order chi connectivity index (χ1) is 8.78. The highest BCUT2D eigenvalue weighted by molar-refractivity contribution is 7.10. The third-order valence-electron chi connectivity index (χ3n) is 3.36. The van der Waals surface area contributed by atoms with Crippen molar-refractivity contribution < 1.29 is 0 Å². The van der Waals surface area contributed by atoms with E-state index in [0.717, 1.165) is 23.5 Å². The molecule has 0 amide bonds. The van der Waals surface area contributed by atoms with Gasteiger partial charge in [0.2, 0.25) is 0 Å². The fourth-order valence-electron chi connectivity index (χ4n) is 2.45. The smallest absolute Gasteiger partial charge is 0.127 e. The number of anilines is 1. The molecule has 1 aromatic carbocycles. The number of nitrogens with zero attached hydrogens (tertiary/aromatic N) is 2. The minimum atomic E-state index is 0.384. The molecule has 3 nitrogen and oxygen atoms in total. The van der Waals surface area contributed by atoms with Gasteiger partial charge in [0.05, 0.1) is 5.69 Å². The lowest BCUT2D eigenvalue weighted by Gasteiger charge is -2.11. The minimum Gasteiger partial charge on any atom is -0.371 e. The molecule has 0 fully saturated rings. The summed E-state index contributed by atoms with van der Waals surface area (Å²) in [5.41, 5.74) is 4.33. The van der Waals surface area contributed by atoms with Crippen molar-refractivity contribution in [1.82, 2.24) is 4.37 Å². The first-order valence-corrected chi connectivity index (χ1v) is 6.75. The summed E-state index contributed by atoms with van der Waals surface area (Å²) in [6.45, 7) is 1.88. The van der Waals surface area contributed by atoms with E-state index in [2.05, 4.69) is 40.0 Å². The Morgan fingerprint density at radius 1 is 1.33 bits per heavy atom. The number of aromatic nitrogens is 1. The molecular formula is C14H13N3S. The molecule has 1 heterocycles. The summed E-state index contributed by atoms with van der Waals surface area (Å²) in [6.07, 6.45) is 2.05. The molecule has 2 aromatic rings. The molecule has 0 radical (unpaired) electrons. The lowest BCUT2D eigenvalue weighted by molar-refractivity contribution is 0.777. The van der Waals surface area contributed by atoms with Crippen molar-refractivity contribution in [2.45, 2.75) is 25.8 Å². The maximum atomic E-state index is 9.11. The van der Waals surface area contributed by atoms with E-state index >= 15 is 0 Å². The van der Waals surface area contributed by atoms with E-state index in [-0.39, 0.29) is 0 Å². The third kappa shape index (κ3) is 1.87. The highest BCUT2D eigenvalue weighted by atomic mass is 32.1. The Hall–Kier alpha value is -1.86. The zero-order chi connectivity index (χ0) is 12.5. The van der Waals surface area contributed by atoms with Crippen LogP contribution in [0.3, 0.4) is 0 Å². The number of hydrogen-bond acceptors (Lipinski definition) is 4. The second-order valence-electron chi connectivity index (χ2n) is 4.60. The van der Waals surface area contributed by atoms with Crippen LogP contribution in [0.25, 0.3) is 0 Å². The van der Waals surface area contributed by atoms with Gasteiger partial charge in [-0.15, -0.1) is 0 Å². The molecule has 1 aliphatic rings. The fourth-order valence-corrected chi connectivity index (χ4v) is 3.27. The molecule has 90 valence electrons. The highest BCUT2D eigenvalue weighted by Gasteiger charge is 2.22. The largest absolute Gasteiger partial charge is 0.371 e. The average molecular weight is 255 g/mol. The maximum absolute atomic E-state index is 9.11. The molecule has 0 bridgehead atoms. The topological polar surface area (TPSA) is 48.7 Å². The first kappa shape index (κ1) is 11.2. The Balaban J connectivity index is 1.79. The van der Waals surface area contributed by atoms with Gasteiger partial charge in [-0.3, -0.25) is 0 Å². The van der Waals surface area contributed by atoms with Crippen molar-refractivity contribution in [3.8, 4) is 6.07 Å². The second kappa shape index (κ2) is 4.43. The summed E-state index contributed by atoms with van der Waals surface area (Å²) in [4.78, 5) is 0. The quantitative estimate of drug-likeness (QED) is 0.897. The summed E-state index contributed by atoms with van der Waals surface area (Å²) in [5.74, 6) is 0. The number of fused-ring (bicyclic) bond motifs is 1. The third-order valence-corrected chi connectivity index (χ3v) is 4.23. The SMILES string of the molecule is Cc1nsc(NC2Cc3ccccc3C2)c1C#N. The van der Waals surface area contributed by atoms with Crippen molar-refractivity contribution in [3.05, 3.63) is 46.6 Å². The predicted molar refractivity (Wildman–Crippen MR) is 72.8 cm³/mol. The minimum absolute atomic E-state index is 0.384. The van der Waals surface area contributed by atoms with Gasteiger partial charge in [-0.05, 0) is 42.4 Å². The van der Waals surface area contributed by atoms with Crippen molar-refractivity contribution in [1.29, 1.82) is 5.26 Å². The zero-order valence-corrected chi connectivity index (χ0v) is 10.9. The van der Waals surface area contributed by atoms with E-state index in [9.17, 15) is 0 Å². The molecule has 0 aliphatic heterocycles. The molecule has 1 N–H and O–H groups in total. The van der Waals surface area contributed by atoms with Crippen LogP contribution in [-0.2, 0) is 12.8 Å². The molecule has 4 heteroatoms. The normalized spacial score (nSPS) is 14.2. The molecular weight excluding hydrogens is 242 g/mol. The molecule has 0 atom stereocenters. The van der Waals surface area contributed by atoms with Gasteiger partial charge in [0.25, 0.3) is 0 Å². The first-order valence-electron chi connectivity index (χ1n) is 5.97. The number of hydrogen-bond donors (Lipinski definition) is 1. The van der Waals surface area contributed by atoms with Crippen LogP contribution in [0.4, 0.5) is 5.00 Å². The predicted octanol–water partition coefficient (Wildman–Crippen LogP) is 2.90. The van der Waals surface area contributed by atoms with E-state index in [1.807, 2.05) is 6.92 Å². The van der Waals surface area contributed by atoms with E-state index in [0.29, 0.717) is 11.6 Å². The van der Waals surface area contributed by atoms with Gasteiger partial charge < -0.3 is 5.32 Å². The Bertz CT molecular complexity index is 599. The molecule has 0 spiro atoms. The molecule has 1 aliphatic carbocycles. The summed E-state index contributed by atoms with van der Waals surface area (Å²) < 4.78 is 4.24. The van der Waals surface area contributed by atoms with Gasteiger partial charge in [-0.1, -0.05) is 24.3 Å². The maximum Gasteiger partial charge on any atom is 0.127 e.